The number of halogens is 1. The van der Waals surface area contributed by atoms with Crippen LogP contribution in [0.3, 0.4) is 0 Å². The number of thioether (sulfide) groups is 1. The van der Waals surface area contributed by atoms with E-state index in [0.717, 1.165) is 6.41 Å². The Hall–Kier alpha value is -0.640. The number of carboxylic acid groups (broad SMARTS) is 1. The molecule has 0 radical (unpaired) electrons. The highest BCUT2D eigenvalue weighted by Gasteiger charge is 2.52. The van der Waals surface area contributed by atoms with Crippen molar-refractivity contribution in [1.82, 2.24) is 4.90 Å². The van der Waals surface area contributed by atoms with Gasteiger partial charge in [0.05, 0.1) is 12.0 Å². The molecule has 0 aromatic rings. The summed E-state index contributed by atoms with van der Waals surface area (Å²) in [5.41, 5.74) is 3.11. The fraction of sp³-hybridized carbons (Fsp3) is 0.812. The van der Waals surface area contributed by atoms with Gasteiger partial charge in [0.1, 0.15) is 11.1 Å². The predicted octanol–water partition coefficient (Wildman–Crippen LogP) is 2.03. The number of nitrogens with zero attached hydrogens (tertiary/aromatic N) is 1. The van der Waals surface area contributed by atoms with Gasteiger partial charge in [-0.15, -0.1) is 24.2 Å². The zero-order valence-corrected chi connectivity index (χ0v) is 18.7. The Morgan fingerprint density at radius 3 is 2.19 bits per heavy atom. The van der Waals surface area contributed by atoms with Gasteiger partial charge < -0.3 is 20.5 Å². The van der Waals surface area contributed by atoms with Crippen LogP contribution in [0.1, 0.15) is 41.5 Å². The molecule has 154 valence electrons. The minimum Gasteiger partial charge on any atom is -0.480 e. The first-order valence-electron chi connectivity index (χ1n) is 7.93. The second-order valence-electron chi connectivity index (χ2n) is 7.42. The lowest BCUT2D eigenvalue weighted by molar-refractivity contribution is -0.158. The van der Waals surface area contributed by atoms with E-state index in [0.29, 0.717) is 12.4 Å². The van der Waals surface area contributed by atoms with Crippen LogP contribution in [0.25, 0.3) is 0 Å². The SMILES string of the molecule is CC(N)(CS)C(=O)O.CCOC(=O)C1(C)CSC(C(C)(C)C)N1C=O.Cl. The van der Waals surface area contributed by atoms with Gasteiger partial charge in [-0.2, -0.15) is 12.6 Å². The van der Waals surface area contributed by atoms with E-state index in [1.807, 2.05) is 0 Å². The minimum atomic E-state index is -1.18. The lowest BCUT2D eigenvalue weighted by Crippen LogP contribution is -2.54. The lowest BCUT2D eigenvalue weighted by Gasteiger charge is -2.37. The largest absolute Gasteiger partial charge is 0.480 e. The zero-order valence-electron chi connectivity index (χ0n) is 16.1. The smallest absolute Gasteiger partial charge is 0.332 e. The van der Waals surface area contributed by atoms with Crippen LogP contribution in [-0.4, -0.2) is 62.9 Å². The molecule has 7 nitrogen and oxygen atoms in total. The number of aliphatic carboxylic acids is 1. The van der Waals surface area contributed by atoms with Crippen LogP contribution in [0, 0.1) is 5.41 Å². The molecular weight excluding hydrogens is 400 g/mol. The number of carbonyl (C=O) groups is 3. The van der Waals surface area contributed by atoms with E-state index in [1.54, 1.807) is 30.5 Å². The van der Waals surface area contributed by atoms with Gasteiger partial charge in [0.2, 0.25) is 6.41 Å². The van der Waals surface area contributed by atoms with E-state index in [2.05, 4.69) is 33.4 Å². The van der Waals surface area contributed by atoms with Gasteiger partial charge in [-0.3, -0.25) is 9.59 Å². The van der Waals surface area contributed by atoms with Crippen molar-refractivity contribution in [3.8, 4) is 0 Å². The van der Waals surface area contributed by atoms with Crippen molar-refractivity contribution >= 4 is 55.1 Å². The van der Waals surface area contributed by atoms with Crippen molar-refractivity contribution in [2.45, 2.75) is 58.0 Å². The molecule has 1 amide bonds. The maximum Gasteiger partial charge on any atom is 0.332 e. The number of nitrogens with two attached hydrogens (primary N) is 1. The molecule has 1 fully saturated rings. The molecule has 1 aliphatic rings. The molecule has 26 heavy (non-hydrogen) atoms. The van der Waals surface area contributed by atoms with Crippen LogP contribution in [0.2, 0.25) is 0 Å². The maximum atomic E-state index is 12.0. The van der Waals surface area contributed by atoms with E-state index in [1.165, 1.54) is 6.92 Å². The molecule has 3 atom stereocenters. The summed E-state index contributed by atoms with van der Waals surface area (Å²) >= 11 is 5.37. The van der Waals surface area contributed by atoms with Crippen LogP contribution in [-0.2, 0) is 19.1 Å². The summed E-state index contributed by atoms with van der Waals surface area (Å²) in [4.78, 5) is 35.0. The summed E-state index contributed by atoms with van der Waals surface area (Å²) in [6.07, 6.45) is 0.771. The Morgan fingerprint density at radius 2 is 1.92 bits per heavy atom. The highest BCUT2D eigenvalue weighted by Crippen LogP contribution is 2.44. The van der Waals surface area contributed by atoms with Crippen LogP contribution in [0.5, 0.6) is 0 Å². The average Bonchev–Trinajstić information content (AvgIpc) is 2.86. The molecule has 3 unspecified atom stereocenters. The third kappa shape index (κ3) is 6.83. The second kappa shape index (κ2) is 10.6. The molecule has 1 saturated heterocycles. The third-order valence-corrected chi connectivity index (χ3v) is 6.37. The van der Waals surface area contributed by atoms with E-state index < -0.39 is 17.0 Å². The first kappa shape index (κ1) is 27.6. The third-order valence-electron chi connectivity index (χ3n) is 3.73. The maximum absolute atomic E-state index is 12.0. The molecule has 0 aliphatic carbocycles. The number of esters is 1. The summed E-state index contributed by atoms with van der Waals surface area (Å²) in [7, 11) is 0. The van der Waals surface area contributed by atoms with E-state index in [-0.39, 0.29) is 34.9 Å². The van der Waals surface area contributed by atoms with Gasteiger partial charge in [0, 0.05) is 11.5 Å². The number of hydrogen-bond donors (Lipinski definition) is 3. The van der Waals surface area contributed by atoms with Crippen LogP contribution >= 0.6 is 36.8 Å². The average molecular weight is 431 g/mol. The summed E-state index contributed by atoms with van der Waals surface area (Å²) in [6, 6.07) is 0. The van der Waals surface area contributed by atoms with E-state index in [4.69, 9.17) is 15.6 Å². The monoisotopic (exact) mass is 430 g/mol. The van der Waals surface area contributed by atoms with Crippen molar-refractivity contribution in [2.75, 3.05) is 18.1 Å². The van der Waals surface area contributed by atoms with Crippen molar-refractivity contribution in [3.05, 3.63) is 0 Å². The standard InChI is InChI=1S/C12H21NO3S.C4H9NO2S.ClH/c1-6-16-10(15)12(5)7-17-9(11(2,3)4)13(12)8-14;1-4(5,2-8)3(6)7;/h8-9H,6-7H2,1-5H3;8H,2,5H2,1H3,(H,6,7);1H. The Kier molecular flexibility index (Phi) is 11.3. The Morgan fingerprint density at radius 1 is 1.42 bits per heavy atom. The molecule has 0 saturated carbocycles. The first-order chi connectivity index (χ1) is 11.3. The topological polar surface area (TPSA) is 110 Å². The normalized spacial score (nSPS) is 24.5. The van der Waals surface area contributed by atoms with Crippen molar-refractivity contribution in [2.24, 2.45) is 11.1 Å². The summed E-state index contributed by atoms with van der Waals surface area (Å²) in [5.74, 6) is -0.590. The lowest BCUT2D eigenvalue weighted by atomic mass is 9.92. The Balaban J connectivity index is 0. The van der Waals surface area contributed by atoms with Gasteiger partial charge in [0.25, 0.3) is 0 Å². The van der Waals surface area contributed by atoms with Crippen LogP contribution in [0.4, 0.5) is 0 Å². The highest BCUT2D eigenvalue weighted by molar-refractivity contribution is 8.00. The molecule has 1 rings (SSSR count). The van der Waals surface area contributed by atoms with Gasteiger partial charge in [-0.05, 0) is 26.2 Å². The molecule has 10 heteroatoms. The number of amides is 1. The highest BCUT2D eigenvalue weighted by atomic mass is 35.5. The molecule has 0 aromatic carbocycles. The van der Waals surface area contributed by atoms with Gasteiger partial charge >= 0.3 is 11.9 Å². The second-order valence-corrected chi connectivity index (χ2v) is 8.80. The Bertz CT molecular complexity index is 500. The summed E-state index contributed by atoms with van der Waals surface area (Å²) in [6.45, 7) is 11.5. The van der Waals surface area contributed by atoms with Crippen molar-refractivity contribution < 1.29 is 24.2 Å². The van der Waals surface area contributed by atoms with E-state index in [9.17, 15) is 14.4 Å². The molecule has 0 spiro atoms. The van der Waals surface area contributed by atoms with Gasteiger partial charge in [-0.25, -0.2) is 4.79 Å². The number of hydrogen-bond acceptors (Lipinski definition) is 7. The predicted molar refractivity (Wildman–Crippen MR) is 110 cm³/mol. The van der Waals surface area contributed by atoms with Crippen LogP contribution < -0.4 is 5.73 Å². The van der Waals surface area contributed by atoms with Crippen LogP contribution in [0.15, 0.2) is 0 Å². The van der Waals surface area contributed by atoms with E-state index >= 15 is 0 Å². The molecule has 3 N–H and O–H groups in total. The molecule has 1 heterocycles. The molecule has 0 aromatic heterocycles. The zero-order chi connectivity index (χ0) is 20.1. The van der Waals surface area contributed by atoms with Gasteiger partial charge in [-0.1, -0.05) is 20.8 Å². The first-order valence-corrected chi connectivity index (χ1v) is 9.61. The Labute approximate surface area is 171 Å². The summed E-state index contributed by atoms with van der Waals surface area (Å²) < 4.78 is 5.07. The molecule has 0 bridgehead atoms. The quantitative estimate of drug-likeness (QED) is 0.347. The number of ether oxygens (including phenoxy) is 1. The van der Waals surface area contributed by atoms with Crippen molar-refractivity contribution in [1.29, 1.82) is 0 Å². The number of rotatable bonds is 5. The number of carbonyl (C=O) groups excluding carboxylic acids is 2. The summed E-state index contributed by atoms with van der Waals surface area (Å²) in [5, 5.41) is 8.28. The van der Waals surface area contributed by atoms with Gasteiger partial charge in [0.15, 0.2) is 0 Å². The van der Waals surface area contributed by atoms with Crippen molar-refractivity contribution in [3.63, 3.8) is 0 Å². The number of thiol groups is 1. The number of carboxylic acids is 1. The molecular formula is C16H31ClN2O5S2. The molecule has 1 aliphatic heterocycles. The fourth-order valence-electron chi connectivity index (χ4n) is 2.01. The minimum absolute atomic E-state index is 0. The fourth-order valence-corrected chi connectivity index (χ4v) is 3.84.